The molecule has 0 fully saturated rings. The van der Waals surface area contributed by atoms with Gasteiger partial charge >= 0.3 is 0 Å². The van der Waals surface area contributed by atoms with Gasteiger partial charge in [-0.3, -0.25) is 0 Å². The van der Waals surface area contributed by atoms with Crippen LogP contribution in [0, 0.1) is 11.6 Å². The highest BCUT2D eigenvalue weighted by molar-refractivity contribution is 9.08. The van der Waals surface area contributed by atoms with Gasteiger partial charge in [0.25, 0.3) is 0 Å². The Balaban J connectivity index is 2.69. The van der Waals surface area contributed by atoms with E-state index in [1.165, 1.54) is 13.2 Å². The normalized spacial score (nSPS) is 10.4. The first-order valence-corrected chi connectivity index (χ1v) is 6.47. The molecule has 0 saturated carbocycles. The Labute approximate surface area is 113 Å². The molecule has 2 aromatic carbocycles. The van der Waals surface area contributed by atoms with Crippen molar-refractivity contribution in [1.29, 1.82) is 0 Å². The van der Waals surface area contributed by atoms with Crippen LogP contribution in [-0.2, 0) is 5.33 Å². The SMILES string of the molecule is COc1c(F)cc(-c2ccccc2)c(CBr)c1F. The molecule has 2 rings (SSSR count). The Morgan fingerprint density at radius 3 is 2.39 bits per heavy atom. The maximum atomic E-state index is 14.1. The number of benzene rings is 2. The molecule has 0 bridgehead atoms. The number of hydrogen-bond donors (Lipinski definition) is 0. The minimum atomic E-state index is -0.696. The van der Waals surface area contributed by atoms with Crippen molar-refractivity contribution >= 4 is 15.9 Å². The second kappa shape index (κ2) is 5.48. The Kier molecular flexibility index (Phi) is 3.97. The quantitative estimate of drug-likeness (QED) is 0.756. The lowest BCUT2D eigenvalue weighted by molar-refractivity contribution is 0.358. The lowest BCUT2D eigenvalue weighted by Gasteiger charge is -2.12. The van der Waals surface area contributed by atoms with Crippen LogP contribution in [0.15, 0.2) is 36.4 Å². The molecule has 0 aliphatic carbocycles. The molecule has 0 radical (unpaired) electrons. The zero-order valence-electron chi connectivity index (χ0n) is 9.71. The van der Waals surface area contributed by atoms with Crippen molar-refractivity contribution in [1.82, 2.24) is 0 Å². The predicted octanol–water partition coefficient (Wildman–Crippen LogP) is 4.54. The Morgan fingerprint density at radius 2 is 1.83 bits per heavy atom. The largest absolute Gasteiger partial charge is 0.491 e. The highest BCUT2D eigenvalue weighted by Crippen LogP contribution is 2.34. The van der Waals surface area contributed by atoms with Crippen molar-refractivity contribution in [3.63, 3.8) is 0 Å². The lowest BCUT2D eigenvalue weighted by atomic mass is 9.99. The summed E-state index contributed by atoms with van der Waals surface area (Å²) >= 11 is 3.23. The van der Waals surface area contributed by atoms with Crippen LogP contribution in [0.5, 0.6) is 5.75 Å². The van der Waals surface area contributed by atoms with Gasteiger partial charge in [0.15, 0.2) is 17.4 Å². The summed E-state index contributed by atoms with van der Waals surface area (Å²) in [6.45, 7) is 0. The first-order valence-electron chi connectivity index (χ1n) is 5.35. The van der Waals surface area contributed by atoms with E-state index in [-0.39, 0.29) is 5.75 Å². The van der Waals surface area contributed by atoms with E-state index < -0.39 is 11.6 Å². The molecular formula is C14H11BrF2O. The predicted molar refractivity (Wildman–Crippen MR) is 71.0 cm³/mol. The van der Waals surface area contributed by atoms with Gasteiger partial charge in [-0.25, -0.2) is 8.78 Å². The third-order valence-electron chi connectivity index (χ3n) is 2.70. The molecule has 0 N–H and O–H groups in total. The van der Waals surface area contributed by atoms with E-state index in [1.54, 1.807) is 0 Å². The van der Waals surface area contributed by atoms with Crippen LogP contribution in [0.2, 0.25) is 0 Å². The first kappa shape index (κ1) is 13.0. The second-order valence-electron chi connectivity index (χ2n) is 3.73. The molecule has 0 heterocycles. The van der Waals surface area contributed by atoms with Crippen molar-refractivity contribution in [2.45, 2.75) is 5.33 Å². The molecule has 1 nitrogen and oxygen atoms in total. The van der Waals surface area contributed by atoms with Gasteiger partial charge in [0, 0.05) is 10.9 Å². The Hall–Kier alpha value is -1.42. The Bertz CT molecular complexity index is 555. The van der Waals surface area contributed by atoms with E-state index in [2.05, 4.69) is 15.9 Å². The van der Waals surface area contributed by atoms with E-state index in [1.807, 2.05) is 30.3 Å². The summed E-state index contributed by atoms with van der Waals surface area (Å²) in [6.07, 6.45) is 0. The van der Waals surface area contributed by atoms with Gasteiger partial charge in [-0.15, -0.1) is 0 Å². The van der Waals surface area contributed by atoms with Crippen LogP contribution in [0.1, 0.15) is 5.56 Å². The average Bonchev–Trinajstić information content (AvgIpc) is 2.39. The number of hydrogen-bond acceptors (Lipinski definition) is 1. The number of alkyl halides is 1. The standard InChI is InChI=1S/C14H11BrF2O/c1-18-14-12(16)7-10(11(8-15)13(14)17)9-5-3-2-4-6-9/h2-7H,8H2,1H3. The minimum absolute atomic E-state index is 0.291. The Morgan fingerprint density at radius 1 is 1.17 bits per heavy atom. The van der Waals surface area contributed by atoms with Crippen LogP contribution >= 0.6 is 15.9 Å². The zero-order valence-corrected chi connectivity index (χ0v) is 11.3. The summed E-state index contributed by atoms with van der Waals surface area (Å²) in [6, 6.07) is 10.4. The molecule has 94 valence electrons. The van der Waals surface area contributed by atoms with Gasteiger partial charge < -0.3 is 4.74 Å². The summed E-state index contributed by atoms with van der Waals surface area (Å²) in [5.74, 6) is -1.70. The van der Waals surface area contributed by atoms with Gasteiger partial charge in [-0.05, 0) is 17.2 Å². The summed E-state index contributed by atoms with van der Waals surface area (Å²) < 4.78 is 32.6. The molecule has 0 unspecified atom stereocenters. The minimum Gasteiger partial charge on any atom is -0.491 e. The highest BCUT2D eigenvalue weighted by atomic mass is 79.9. The molecular weight excluding hydrogens is 302 g/mol. The molecule has 0 spiro atoms. The molecule has 0 saturated heterocycles. The van der Waals surface area contributed by atoms with Crippen molar-refractivity contribution < 1.29 is 13.5 Å². The molecule has 0 aliphatic rings. The number of methoxy groups -OCH3 is 1. The third-order valence-corrected chi connectivity index (χ3v) is 3.26. The molecule has 18 heavy (non-hydrogen) atoms. The summed E-state index contributed by atoms with van der Waals surface area (Å²) in [5.41, 5.74) is 1.69. The van der Waals surface area contributed by atoms with Crippen LogP contribution < -0.4 is 4.74 Å². The van der Waals surface area contributed by atoms with Crippen molar-refractivity contribution in [3.05, 3.63) is 53.6 Å². The smallest absolute Gasteiger partial charge is 0.190 e. The maximum Gasteiger partial charge on any atom is 0.190 e. The molecule has 0 atom stereocenters. The average molecular weight is 313 g/mol. The molecule has 0 amide bonds. The fourth-order valence-electron chi connectivity index (χ4n) is 1.83. The second-order valence-corrected chi connectivity index (χ2v) is 4.29. The van der Waals surface area contributed by atoms with E-state index in [0.29, 0.717) is 16.5 Å². The van der Waals surface area contributed by atoms with E-state index in [4.69, 9.17) is 4.74 Å². The van der Waals surface area contributed by atoms with Crippen molar-refractivity contribution in [2.24, 2.45) is 0 Å². The topological polar surface area (TPSA) is 9.23 Å². The fourth-order valence-corrected chi connectivity index (χ4v) is 2.38. The number of ether oxygens (including phenoxy) is 1. The monoisotopic (exact) mass is 312 g/mol. The molecule has 0 aliphatic heterocycles. The van der Waals surface area contributed by atoms with Crippen molar-refractivity contribution in [3.8, 4) is 16.9 Å². The summed E-state index contributed by atoms with van der Waals surface area (Å²) in [7, 11) is 1.25. The van der Waals surface area contributed by atoms with Crippen molar-refractivity contribution in [2.75, 3.05) is 7.11 Å². The zero-order chi connectivity index (χ0) is 13.1. The van der Waals surface area contributed by atoms with Crippen LogP contribution in [0.4, 0.5) is 8.78 Å². The van der Waals surface area contributed by atoms with Gasteiger partial charge in [0.05, 0.1) is 7.11 Å². The summed E-state index contributed by atoms with van der Waals surface area (Å²) in [5, 5.41) is 0.291. The maximum absolute atomic E-state index is 14.1. The number of rotatable bonds is 3. The fraction of sp³-hybridized carbons (Fsp3) is 0.143. The number of halogens is 3. The molecule has 0 aromatic heterocycles. The summed E-state index contributed by atoms with van der Waals surface area (Å²) in [4.78, 5) is 0. The van der Waals surface area contributed by atoms with Gasteiger partial charge in [-0.2, -0.15) is 0 Å². The van der Waals surface area contributed by atoms with E-state index in [0.717, 1.165) is 5.56 Å². The molecule has 2 aromatic rings. The van der Waals surface area contributed by atoms with Gasteiger partial charge in [0.2, 0.25) is 0 Å². The molecule has 4 heteroatoms. The van der Waals surface area contributed by atoms with E-state index in [9.17, 15) is 8.78 Å². The highest BCUT2D eigenvalue weighted by Gasteiger charge is 2.19. The first-order chi connectivity index (χ1) is 8.69. The third kappa shape index (κ3) is 2.25. The van der Waals surface area contributed by atoms with Gasteiger partial charge in [0.1, 0.15) is 0 Å². The van der Waals surface area contributed by atoms with E-state index >= 15 is 0 Å². The van der Waals surface area contributed by atoms with Crippen LogP contribution in [0.3, 0.4) is 0 Å². The van der Waals surface area contributed by atoms with Crippen LogP contribution in [-0.4, -0.2) is 7.11 Å². The van der Waals surface area contributed by atoms with Crippen LogP contribution in [0.25, 0.3) is 11.1 Å². The van der Waals surface area contributed by atoms with Gasteiger partial charge in [-0.1, -0.05) is 46.3 Å². The lowest BCUT2D eigenvalue weighted by Crippen LogP contribution is -1.99.